The van der Waals surface area contributed by atoms with Crippen LogP contribution in [-0.4, -0.2) is 53.1 Å². The molecule has 3 aliphatic carbocycles. The number of methoxy groups -OCH3 is 1. The first-order chi connectivity index (χ1) is 15.2. The number of nitrogens with one attached hydrogen (secondary N) is 1. The van der Waals surface area contributed by atoms with Crippen LogP contribution in [0.25, 0.3) is 0 Å². The predicted molar refractivity (Wildman–Crippen MR) is 113 cm³/mol. The third-order valence-electron chi connectivity index (χ3n) is 7.78. The fourth-order valence-electron chi connectivity index (χ4n) is 6.28. The molecule has 1 aromatic rings. The summed E-state index contributed by atoms with van der Waals surface area (Å²) in [6, 6.07) is 3.00. The molecule has 1 fully saturated rings. The van der Waals surface area contributed by atoms with Gasteiger partial charge in [0, 0.05) is 5.56 Å². The molecule has 4 aliphatic rings. The zero-order valence-corrected chi connectivity index (χ0v) is 18.5. The first kappa shape index (κ1) is 21.3. The van der Waals surface area contributed by atoms with Crippen LogP contribution in [0.2, 0.25) is 0 Å². The number of rotatable bonds is 5. The fraction of sp³-hybridized carbons (Fsp3) is 0.583. The minimum Gasteiger partial charge on any atom is -0.493 e. The van der Waals surface area contributed by atoms with Gasteiger partial charge in [0.15, 0.2) is 17.6 Å². The summed E-state index contributed by atoms with van der Waals surface area (Å²) in [6.07, 6.45) is 3.64. The van der Waals surface area contributed by atoms with E-state index in [2.05, 4.69) is 11.4 Å². The molecule has 172 valence electrons. The Bertz CT molecular complexity index is 1020. The smallest absolute Gasteiger partial charge is 0.333 e. The van der Waals surface area contributed by atoms with E-state index >= 15 is 0 Å². The molecular formula is C24H29NO7. The van der Waals surface area contributed by atoms with Crippen molar-refractivity contribution in [2.24, 2.45) is 5.92 Å². The zero-order chi connectivity index (χ0) is 22.8. The number of carbonyl (C=O) groups excluding carboxylic acids is 2. The summed E-state index contributed by atoms with van der Waals surface area (Å²) in [5.41, 5.74) is 0.451. The maximum atomic E-state index is 12.8. The number of carbonyl (C=O) groups is 2. The van der Waals surface area contributed by atoms with Crippen molar-refractivity contribution in [3.63, 3.8) is 0 Å². The molecule has 6 atom stereocenters. The molecule has 3 N–H and O–H groups in total. The number of amides is 1. The lowest BCUT2D eigenvalue weighted by molar-refractivity contribution is -0.161. The minimum absolute atomic E-state index is 0.104. The topological polar surface area (TPSA) is 114 Å². The molecule has 1 aliphatic heterocycles. The van der Waals surface area contributed by atoms with E-state index in [-0.39, 0.29) is 5.92 Å². The standard InChI is InChI=1S/C24H29NO7/c1-12(25-21(27)13(2)26)22(28)31-17-8-10-24(29)15-5-4-9-23(24)18-14(11-15)6-7-16(30-3)19(18)32-20(17)23/h6-8,12-13,15,20,26,29H,4-5,9-11H2,1-3H3,(H,25,27)/t12-,13-,15+,20-,23-,24+/m0/s1. The van der Waals surface area contributed by atoms with Crippen LogP contribution in [0.3, 0.4) is 0 Å². The van der Waals surface area contributed by atoms with Crippen molar-refractivity contribution in [1.82, 2.24) is 5.32 Å². The van der Waals surface area contributed by atoms with E-state index in [0.717, 1.165) is 36.8 Å². The Hall–Kier alpha value is -2.58. The second-order valence-corrected chi connectivity index (χ2v) is 9.46. The Labute approximate surface area is 186 Å². The molecule has 8 heteroatoms. The van der Waals surface area contributed by atoms with E-state index in [1.165, 1.54) is 13.8 Å². The Balaban J connectivity index is 1.52. The summed E-state index contributed by atoms with van der Waals surface area (Å²) >= 11 is 0. The Morgan fingerprint density at radius 1 is 1.31 bits per heavy atom. The molecule has 8 nitrogen and oxygen atoms in total. The Morgan fingerprint density at radius 3 is 2.81 bits per heavy atom. The normalized spacial score (nSPS) is 33.2. The van der Waals surface area contributed by atoms with Gasteiger partial charge in [-0.2, -0.15) is 0 Å². The van der Waals surface area contributed by atoms with Gasteiger partial charge in [-0.25, -0.2) is 4.79 Å². The van der Waals surface area contributed by atoms with Crippen LogP contribution in [-0.2, 0) is 26.2 Å². The van der Waals surface area contributed by atoms with Gasteiger partial charge in [0.25, 0.3) is 0 Å². The van der Waals surface area contributed by atoms with Gasteiger partial charge in [0.05, 0.1) is 18.1 Å². The largest absolute Gasteiger partial charge is 0.493 e. The maximum absolute atomic E-state index is 12.8. The summed E-state index contributed by atoms with van der Waals surface area (Å²) in [6.45, 7) is 2.83. The predicted octanol–water partition coefficient (Wildman–Crippen LogP) is 1.50. The van der Waals surface area contributed by atoms with Gasteiger partial charge in [-0.05, 0) is 63.2 Å². The molecular weight excluding hydrogens is 414 g/mol. The summed E-state index contributed by atoms with van der Waals surface area (Å²) in [4.78, 5) is 24.5. The van der Waals surface area contributed by atoms with Crippen molar-refractivity contribution in [3.05, 3.63) is 35.1 Å². The number of aliphatic hydroxyl groups is 2. The van der Waals surface area contributed by atoms with Crippen molar-refractivity contribution in [1.29, 1.82) is 0 Å². The second kappa shape index (κ2) is 7.22. The third kappa shape index (κ3) is 2.69. The fourth-order valence-corrected chi connectivity index (χ4v) is 6.28. The van der Waals surface area contributed by atoms with Crippen LogP contribution in [0.4, 0.5) is 0 Å². The number of hydrogen-bond acceptors (Lipinski definition) is 7. The van der Waals surface area contributed by atoms with Gasteiger partial charge >= 0.3 is 5.97 Å². The van der Waals surface area contributed by atoms with E-state index in [1.54, 1.807) is 13.2 Å². The summed E-state index contributed by atoms with van der Waals surface area (Å²) in [5, 5.41) is 23.9. The van der Waals surface area contributed by atoms with Crippen LogP contribution >= 0.6 is 0 Å². The Morgan fingerprint density at radius 2 is 2.09 bits per heavy atom. The first-order valence-corrected chi connectivity index (χ1v) is 11.2. The van der Waals surface area contributed by atoms with Crippen LogP contribution in [0.5, 0.6) is 11.5 Å². The summed E-state index contributed by atoms with van der Waals surface area (Å²) in [7, 11) is 1.59. The molecule has 2 bridgehead atoms. The molecule has 1 spiro atoms. The lowest BCUT2D eigenvalue weighted by atomic mass is 9.47. The SMILES string of the molecule is COc1ccc2c3c1O[C@H]1C(OC(=O)[C@H](C)NC(=O)[C@H](C)O)=CC[C@@]4(O)[C@H](CCC[C@]314)C2. The lowest BCUT2D eigenvalue weighted by Crippen LogP contribution is -2.67. The van der Waals surface area contributed by atoms with E-state index in [4.69, 9.17) is 14.2 Å². The van der Waals surface area contributed by atoms with Gasteiger partial charge in [-0.15, -0.1) is 0 Å². The van der Waals surface area contributed by atoms with Crippen molar-refractivity contribution in [2.45, 2.75) is 75.2 Å². The lowest BCUT2D eigenvalue weighted by Gasteiger charge is -2.59. The highest BCUT2D eigenvalue weighted by molar-refractivity contribution is 5.86. The zero-order valence-electron chi connectivity index (χ0n) is 18.5. The highest BCUT2D eigenvalue weighted by atomic mass is 16.6. The van der Waals surface area contributed by atoms with Gasteiger partial charge < -0.3 is 29.7 Å². The summed E-state index contributed by atoms with van der Waals surface area (Å²) < 4.78 is 17.7. The monoisotopic (exact) mass is 443 g/mol. The second-order valence-electron chi connectivity index (χ2n) is 9.46. The van der Waals surface area contributed by atoms with Crippen LogP contribution < -0.4 is 14.8 Å². The molecule has 1 heterocycles. The van der Waals surface area contributed by atoms with Crippen molar-refractivity contribution < 1.29 is 34.0 Å². The highest BCUT2D eigenvalue weighted by Crippen LogP contribution is 2.67. The van der Waals surface area contributed by atoms with Crippen molar-refractivity contribution in [2.75, 3.05) is 7.11 Å². The van der Waals surface area contributed by atoms with E-state index < -0.39 is 41.1 Å². The average molecular weight is 443 g/mol. The van der Waals surface area contributed by atoms with Gasteiger partial charge in [-0.1, -0.05) is 12.5 Å². The van der Waals surface area contributed by atoms with Crippen LogP contribution in [0.15, 0.2) is 24.0 Å². The number of hydrogen-bond donors (Lipinski definition) is 3. The molecule has 0 aromatic heterocycles. The van der Waals surface area contributed by atoms with Crippen LogP contribution in [0.1, 0.15) is 50.7 Å². The van der Waals surface area contributed by atoms with Gasteiger partial charge in [-0.3, -0.25) is 4.79 Å². The number of esters is 1. The molecule has 0 unspecified atom stereocenters. The molecule has 32 heavy (non-hydrogen) atoms. The Kier molecular flexibility index (Phi) is 4.80. The molecule has 1 aromatic carbocycles. The van der Waals surface area contributed by atoms with Crippen molar-refractivity contribution >= 4 is 11.9 Å². The van der Waals surface area contributed by atoms with E-state index in [9.17, 15) is 19.8 Å². The van der Waals surface area contributed by atoms with Crippen molar-refractivity contribution in [3.8, 4) is 11.5 Å². The maximum Gasteiger partial charge on any atom is 0.333 e. The molecule has 1 saturated carbocycles. The van der Waals surface area contributed by atoms with Gasteiger partial charge in [0.1, 0.15) is 17.9 Å². The minimum atomic E-state index is -1.23. The number of benzene rings is 1. The molecule has 5 rings (SSSR count). The van der Waals surface area contributed by atoms with Gasteiger partial charge in [0.2, 0.25) is 5.91 Å². The first-order valence-electron chi connectivity index (χ1n) is 11.2. The van der Waals surface area contributed by atoms with E-state index in [0.29, 0.717) is 23.7 Å². The number of ether oxygens (including phenoxy) is 3. The number of aliphatic hydroxyl groups excluding tert-OH is 1. The quantitative estimate of drug-likeness (QED) is 0.591. The molecule has 0 radical (unpaired) electrons. The molecule has 1 amide bonds. The average Bonchev–Trinajstić information content (AvgIpc) is 3.10. The summed E-state index contributed by atoms with van der Waals surface area (Å²) in [5.74, 6) is 0.370. The van der Waals surface area contributed by atoms with E-state index in [1.807, 2.05) is 6.07 Å². The van der Waals surface area contributed by atoms with Crippen LogP contribution in [0, 0.1) is 5.92 Å². The molecule has 0 saturated heterocycles. The third-order valence-corrected chi connectivity index (χ3v) is 7.78. The highest BCUT2D eigenvalue weighted by Gasteiger charge is 2.70.